The summed E-state index contributed by atoms with van der Waals surface area (Å²) in [7, 11) is 1.50. The van der Waals surface area contributed by atoms with Crippen LogP contribution in [0, 0.1) is 5.82 Å². The molecule has 1 heterocycles. The van der Waals surface area contributed by atoms with E-state index in [4.69, 9.17) is 4.74 Å². The highest BCUT2D eigenvalue weighted by atomic mass is 19.1. The van der Waals surface area contributed by atoms with Crippen LogP contribution < -0.4 is 10.1 Å². The summed E-state index contributed by atoms with van der Waals surface area (Å²) in [5, 5.41) is 2.88. The first-order valence-electron chi connectivity index (χ1n) is 7.93. The number of halogens is 1. The van der Waals surface area contributed by atoms with Gasteiger partial charge in [-0.15, -0.1) is 0 Å². The molecular formula is C17H25FN2O2. The molecule has 0 radical (unpaired) electrons. The zero-order valence-corrected chi connectivity index (χ0v) is 13.4. The van der Waals surface area contributed by atoms with Crippen molar-refractivity contribution < 1.29 is 13.9 Å². The fourth-order valence-corrected chi connectivity index (χ4v) is 2.85. The van der Waals surface area contributed by atoms with Crippen LogP contribution in [-0.4, -0.2) is 37.0 Å². The van der Waals surface area contributed by atoms with E-state index in [0.717, 1.165) is 25.1 Å². The summed E-state index contributed by atoms with van der Waals surface area (Å²) in [5.41, 5.74) is 0.782. The zero-order valence-electron chi connectivity index (χ0n) is 13.4. The van der Waals surface area contributed by atoms with Gasteiger partial charge >= 0.3 is 0 Å². The normalized spacial score (nSPS) is 16.5. The number of hydrogen-bond donors (Lipinski definition) is 1. The second kappa shape index (κ2) is 8.13. The third-order valence-electron chi connectivity index (χ3n) is 4.28. The molecule has 1 aromatic carbocycles. The number of nitrogens with one attached hydrogen (secondary N) is 1. The van der Waals surface area contributed by atoms with Gasteiger partial charge in [0.15, 0.2) is 0 Å². The van der Waals surface area contributed by atoms with Gasteiger partial charge in [-0.1, -0.05) is 6.07 Å². The van der Waals surface area contributed by atoms with E-state index >= 15 is 0 Å². The number of amides is 1. The highest BCUT2D eigenvalue weighted by Gasteiger charge is 2.18. The number of ether oxygens (including phenoxy) is 1. The van der Waals surface area contributed by atoms with Crippen LogP contribution in [0.2, 0.25) is 0 Å². The Morgan fingerprint density at radius 2 is 2.14 bits per heavy atom. The Kier molecular flexibility index (Phi) is 6.19. The monoisotopic (exact) mass is 308 g/mol. The van der Waals surface area contributed by atoms with E-state index in [9.17, 15) is 9.18 Å². The summed E-state index contributed by atoms with van der Waals surface area (Å²) in [6.45, 7) is 4.84. The lowest BCUT2D eigenvalue weighted by Gasteiger charge is -2.23. The van der Waals surface area contributed by atoms with Crippen LogP contribution in [0.4, 0.5) is 4.39 Å². The van der Waals surface area contributed by atoms with Gasteiger partial charge in [0.05, 0.1) is 7.11 Å². The van der Waals surface area contributed by atoms with Gasteiger partial charge in [-0.2, -0.15) is 0 Å². The quantitative estimate of drug-likeness (QED) is 0.842. The molecule has 22 heavy (non-hydrogen) atoms. The summed E-state index contributed by atoms with van der Waals surface area (Å²) >= 11 is 0. The molecule has 5 heteroatoms. The molecule has 1 aliphatic heterocycles. The van der Waals surface area contributed by atoms with Crippen LogP contribution in [0.25, 0.3) is 0 Å². The molecule has 122 valence electrons. The Morgan fingerprint density at radius 3 is 2.82 bits per heavy atom. The fraction of sp³-hybridized carbons (Fsp3) is 0.588. The molecule has 1 amide bonds. The van der Waals surface area contributed by atoms with E-state index in [0.29, 0.717) is 24.8 Å². The standard InChI is InChI=1S/C17H25FN2O2/c1-13(20-9-3-4-10-20)5-8-17(21)19-12-14-6-7-15(18)11-16(14)22-2/h6-7,11,13H,3-5,8-10,12H2,1-2H3,(H,19,21). The number of carbonyl (C=O) groups excluding carboxylic acids is 1. The molecule has 0 aliphatic carbocycles. The topological polar surface area (TPSA) is 41.6 Å². The average Bonchev–Trinajstić information content (AvgIpc) is 3.05. The Balaban J connectivity index is 1.75. The molecule has 4 nitrogen and oxygen atoms in total. The molecule has 1 unspecified atom stereocenters. The second-order valence-corrected chi connectivity index (χ2v) is 5.86. The minimum absolute atomic E-state index is 0.0254. The number of rotatable bonds is 7. The van der Waals surface area contributed by atoms with Gasteiger partial charge in [-0.05, 0) is 45.3 Å². The van der Waals surface area contributed by atoms with Crippen LogP contribution in [0.5, 0.6) is 5.75 Å². The SMILES string of the molecule is COc1cc(F)ccc1CNC(=O)CCC(C)N1CCCC1. The maximum absolute atomic E-state index is 13.1. The van der Waals surface area contributed by atoms with E-state index in [1.54, 1.807) is 6.07 Å². The fourth-order valence-electron chi connectivity index (χ4n) is 2.85. The summed E-state index contributed by atoms with van der Waals surface area (Å²) in [5.74, 6) is 0.148. The van der Waals surface area contributed by atoms with Crippen molar-refractivity contribution in [1.29, 1.82) is 0 Å². The van der Waals surface area contributed by atoms with Gasteiger partial charge in [-0.25, -0.2) is 4.39 Å². The number of nitrogens with zero attached hydrogens (tertiary/aromatic N) is 1. The maximum Gasteiger partial charge on any atom is 0.220 e. The van der Waals surface area contributed by atoms with Crippen molar-refractivity contribution >= 4 is 5.91 Å². The smallest absolute Gasteiger partial charge is 0.220 e. The zero-order chi connectivity index (χ0) is 15.9. The number of methoxy groups -OCH3 is 1. The second-order valence-electron chi connectivity index (χ2n) is 5.86. The van der Waals surface area contributed by atoms with E-state index in [2.05, 4.69) is 17.1 Å². The van der Waals surface area contributed by atoms with Gasteiger partial charge in [0, 0.05) is 30.6 Å². The van der Waals surface area contributed by atoms with Gasteiger partial charge in [0.1, 0.15) is 11.6 Å². The predicted octanol–water partition coefficient (Wildman–Crippen LogP) is 2.72. The van der Waals surface area contributed by atoms with E-state index < -0.39 is 0 Å². The lowest BCUT2D eigenvalue weighted by molar-refractivity contribution is -0.121. The largest absolute Gasteiger partial charge is 0.496 e. The van der Waals surface area contributed by atoms with Crippen LogP contribution in [-0.2, 0) is 11.3 Å². The van der Waals surface area contributed by atoms with Crippen molar-refractivity contribution in [2.75, 3.05) is 20.2 Å². The number of carbonyl (C=O) groups is 1. The van der Waals surface area contributed by atoms with Gasteiger partial charge in [-0.3, -0.25) is 4.79 Å². The van der Waals surface area contributed by atoms with Crippen molar-refractivity contribution in [3.63, 3.8) is 0 Å². The number of hydrogen-bond acceptors (Lipinski definition) is 3. The average molecular weight is 308 g/mol. The van der Waals surface area contributed by atoms with Gasteiger partial charge < -0.3 is 15.0 Å². The molecule has 0 aromatic heterocycles. The molecule has 1 aromatic rings. The summed E-state index contributed by atoms with van der Waals surface area (Å²) < 4.78 is 18.2. The lowest BCUT2D eigenvalue weighted by atomic mass is 10.1. The van der Waals surface area contributed by atoms with Crippen molar-refractivity contribution in [1.82, 2.24) is 10.2 Å². The van der Waals surface area contributed by atoms with Crippen molar-refractivity contribution in [2.24, 2.45) is 0 Å². The molecule has 0 bridgehead atoms. The summed E-state index contributed by atoms with van der Waals surface area (Å²) in [4.78, 5) is 14.4. The summed E-state index contributed by atoms with van der Waals surface area (Å²) in [6, 6.07) is 4.80. The Morgan fingerprint density at radius 1 is 1.41 bits per heavy atom. The van der Waals surface area contributed by atoms with Crippen LogP contribution in [0.3, 0.4) is 0 Å². The molecule has 1 N–H and O–H groups in total. The van der Waals surface area contributed by atoms with E-state index in [1.807, 2.05) is 0 Å². The Bertz CT molecular complexity index is 501. The molecule has 2 rings (SSSR count). The molecule has 1 aliphatic rings. The minimum Gasteiger partial charge on any atom is -0.496 e. The summed E-state index contributed by atoms with van der Waals surface area (Å²) in [6.07, 6.45) is 3.91. The first kappa shape index (κ1) is 16.7. The first-order valence-corrected chi connectivity index (χ1v) is 7.93. The predicted molar refractivity (Wildman–Crippen MR) is 84.3 cm³/mol. The van der Waals surface area contributed by atoms with Crippen molar-refractivity contribution in [3.05, 3.63) is 29.6 Å². The highest BCUT2D eigenvalue weighted by Crippen LogP contribution is 2.19. The van der Waals surface area contributed by atoms with Crippen molar-refractivity contribution in [2.45, 2.75) is 45.2 Å². The van der Waals surface area contributed by atoms with Crippen LogP contribution >= 0.6 is 0 Å². The molecular weight excluding hydrogens is 283 g/mol. The third kappa shape index (κ3) is 4.70. The number of benzene rings is 1. The van der Waals surface area contributed by atoms with Gasteiger partial charge in [0.2, 0.25) is 5.91 Å². The minimum atomic E-state index is -0.341. The van der Waals surface area contributed by atoms with Crippen LogP contribution in [0.15, 0.2) is 18.2 Å². The number of likely N-dealkylation sites (tertiary alicyclic amines) is 1. The molecule has 0 spiro atoms. The van der Waals surface area contributed by atoms with E-state index in [-0.39, 0.29) is 11.7 Å². The van der Waals surface area contributed by atoms with Crippen LogP contribution in [0.1, 0.15) is 38.2 Å². The molecule has 0 saturated carbocycles. The lowest BCUT2D eigenvalue weighted by Crippen LogP contribution is -2.32. The highest BCUT2D eigenvalue weighted by molar-refractivity contribution is 5.75. The Hall–Kier alpha value is -1.62. The first-order chi connectivity index (χ1) is 10.6. The third-order valence-corrected chi connectivity index (χ3v) is 4.28. The maximum atomic E-state index is 13.1. The molecule has 1 saturated heterocycles. The molecule has 1 atom stereocenters. The van der Waals surface area contributed by atoms with Crippen molar-refractivity contribution in [3.8, 4) is 5.75 Å². The van der Waals surface area contributed by atoms with Gasteiger partial charge in [0.25, 0.3) is 0 Å². The van der Waals surface area contributed by atoms with E-state index in [1.165, 1.54) is 32.1 Å². The Labute approximate surface area is 131 Å². The molecule has 1 fully saturated rings.